The predicted molar refractivity (Wildman–Crippen MR) is 217 cm³/mol. The van der Waals surface area contributed by atoms with Crippen molar-refractivity contribution in [2.24, 2.45) is 23.3 Å². The van der Waals surface area contributed by atoms with Crippen molar-refractivity contribution in [2.75, 3.05) is 6.54 Å². The molecule has 1 aliphatic heterocycles. The number of amides is 3. The molecule has 2 aromatic heterocycles. The second kappa shape index (κ2) is 16.1. The van der Waals surface area contributed by atoms with Crippen molar-refractivity contribution >= 4 is 50.1 Å². The van der Waals surface area contributed by atoms with Crippen molar-refractivity contribution in [1.29, 1.82) is 0 Å². The van der Waals surface area contributed by atoms with Crippen LogP contribution >= 0.6 is 11.3 Å². The molecule has 15 heteroatoms. The molecule has 3 amide bonds. The average Bonchev–Trinajstić information content (AvgIpc) is 3.93. The molecule has 0 bridgehead atoms. The molecule has 4 aromatic rings. The number of nitrogens with zero attached hydrogens (tertiary/aromatic N) is 4. The number of unbranched alkanes of at least 4 members (excludes halogenated alkanes) is 3. The number of carbonyl (C=O) groups excluding carboxylic acids is 3. The van der Waals surface area contributed by atoms with E-state index in [1.54, 1.807) is 18.3 Å². The van der Waals surface area contributed by atoms with E-state index in [0.29, 0.717) is 31.7 Å². The van der Waals surface area contributed by atoms with Crippen molar-refractivity contribution in [3.63, 3.8) is 0 Å². The van der Waals surface area contributed by atoms with Gasteiger partial charge in [-0.25, -0.2) is 13.4 Å². The van der Waals surface area contributed by atoms with Gasteiger partial charge in [-0.1, -0.05) is 61.4 Å². The first-order chi connectivity index (χ1) is 26.8. The van der Waals surface area contributed by atoms with Gasteiger partial charge in [-0.05, 0) is 77.3 Å². The van der Waals surface area contributed by atoms with Crippen molar-refractivity contribution in [3.8, 4) is 27.8 Å². The number of thiazole rings is 1. The second-order valence-electron chi connectivity index (χ2n) is 15.9. The van der Waals surface area contributed by atoms with Crippen LogP contribution < -0.4 is 20.9 Å². The molecule has 2 aliphatic carbocycles. The van der Waals surface area contributed by atoms with E-state index in [4.69, 9.17) is 26.2 Å². The van der Waals surface area contributed by atoms with Gasteiger partial charge >= 0.3 is 0 Å². The van der Waals surface area contributed by atoms with Gasteiger partial charge in [0.25, 0.3) is 6.01 Å². The summed E-state index contributed by atoms with van der Waals surface area (Å²) in [5.41, 5.74) is 16.7. The molecular weight excluding hydrogens is 751 g/mol. The summed E-state index contributed by atoms with van der Waals surface area (Å²) in [6.45, 7) is 5.94. The molecule has 13 nitrogen and oxygen atoms in total. The minimum absolute atomic E-state index is 0.00935. The van der Waals surface area contributed by atoms with E-state index < -0.39 is 44.8 Å². The number of para-hydroxylation sites is 1. The number of hydrogen-bond acceptors (Lipinski definition) is 10. The third kappa shape index (κ3) is 8.40. The molecule has 298 valence electrons. The maximum Gasteiger partial charge on any atom is 0.297 e. The molecular formula is C41H51N7O6S2. The van der Waals surface area contributed by atoms with E-state index in [2.05, 4.69) is 18.6 Å². The van der Waals surface area contributed by atoms with Crippen LogP contribution in [0.5, 0.6) is 6.01 Å². The van der Waals surface area contributed by atoms with Crippen LogP contribution in [0.4, 0.5) is 0 Å². The maximum absolute atomic E-state index is 13.6. The first kappa shape index (κ1) is 39.6. The molecule has 5 atom stereocenters. The van der Waals surface area contributed by atoms with Crippen LogP contribution in [-0.4, -0.2) is 75.1 Å². The summed E-state index contributed by atoms with van der Waals surface area (Å²) >= 11 is 1.56. The van der Waals surface area contributed by atoms with E-state index in [1.165, 1.54) is 4.90 Å². The second-order valence-corrected chi connectivity index (χ2v) is 19.0. The molecule has 5 N–H and O–H groups in total. The lowest BCUT2D eigenvalue weighted by Gasteiger charge is -2.25. The van der Waals surface area contributed by atoms with Gasteiger partial charge in [-0.2, -0.15) is 4.98 Å². The van der Waals surface area contributed by atoms with E-state index in [9.17, 15) is 22.8 Å². The molecule has 1 saturated heterocycles. The minimum atomic E-state index is -3.61. The van der Waals surface area contributed by atoms with Crippen molar-refractivity contribution in [1.82, 2.24) is 24.2 Å². The van der Waals surface area contributed by atoms with E-state index in [-0.39, 0.29) is 36.8 Å². The Balaban J connectivity index is 0.915. The standard InChI is InChI=1S/C41H51N7O6S2/c1-25(2)48-33-18-12-16-29(38-44-32(24-55-38)26-13-9-7-10-14-26)35(33)45-40(48)54-28-22-34(36(43)49)47(23-28)39(51)31(42)17-11-6-4-5-8-15-27-21-30(27)37(50)46-56(52,53)41(3)19-20-41/h7-10,12-16,18,24-25,27-28,30-31,34H,4-6,11,17,19-23,42H2,1-3H3,(H2,43,49)(H,46,50)/b15-8-/t27-,28-,30+,31+,34+/m1/s1. The van der Waals surface area contributed by atoms with Crippen molar-refractivity contribution in [3.05, 3.63) is 66.1 Å². The summed E-state index contributed by atoms with van der Waals surface area (Å²) in [5, 5.41) is 2.89. The Labute approximate surface area is 331 Å². The zero-order chi connectivity index (χ0) is 39.8. The lowest BCUT2D eigenvalue weighted by molar-refractivity contribution is -0.138. The number of primary amides is 1. The van der Waals surface area contributed by atoms with Gasteiger partial charge in [0.15, 0.2) is 0 Å². The largest absolute Gasteiger partial charge is 0.459 e. The number of benzene rings is 2. The highest BCUT2D eigenvalue weighted by molar-refractivity contribution is 7.91. The summed E-state index contributed by atoms with van der Waals surface area (Å²) in [4.78, 5) is 49.9. The Bertz CT molecular complexity index is 2230. The third-order valence-electron chi connectivity index (χ3n) is 11.3. The molecule has 56 heavy (non-hydrogen) atoms. The van der Waals surface area contributed by atoms with Crippen molar-refractivity contribution in [2.45, 2.75) is 108 Å². The molecule has 0 radical (unpaired) electrons. The SMILES string of the molecule is CC(C)n1c(O[C@@H]2C[C@@H](C(N)=O)N(C(=O)[C@@H](N)CCCCC/C=C\[C@@H]3C[C@@H]3C(=O)NS(=O)(=O)C3(C)CC3)C2)nc2c(-c3nc(-c4ccccc4)cs3)cccc21. The highest BCUT2D eigenvalue weighted by Crippen LogP contribution is 2.44. The number of fused-ring (bicyclic) bond motifs is 1. The van der Waals surface area contributed by atoms with Crippen LogP contribution in [0, 0.1) is 11.8 Å². The normalized spacial score (nSPS) is 22.1. The zero-order valence-electron chi connectivity index (χ0n) is 32.1. The molecule has 0 unspecified atom stereocenters. The zero-order valence-corrected chi connectivity index (χ0v) is 33.7. The summed E-state index contributed by atoms with van der Waals surface area (Å²) in [5.74, 6) is -1.56. The fourth-order valence-electron chi connectivity index (χ4n) is 7.45. The first-order valence-electron chi connectivity index (χ1n) is 19.5. The van der Waals surface area contributed by atoms with Crippen LogP contribution in [0.2, 0.25) is 0 Å². The summed E-state index contributed by atoms with van der Waals surface area (Å²) in [7, 11) is -3.61. The number of sulfonamides is 1. The molecule has 2 saturated carbocycles. The number of allylic oxidation sites excluding steroid dienone is 2. The molecule has 7 rings (SSSR count). The van der Waals surface area contributed by atoms with Gasteiger partial charge in [0.2, 0.25) is 27.7 Å². The van der Waals surface area contributed by atoms with E-state index in [1.807, 2.05) is 70.6 Å². The number of carbonyl (C=O) groups is 3. The summed E-state index contributed by atoms with van der Waals surface area (Å²) in [6.07, 6.45) is 9.31. The number of imidazole rings is 1. The number of nitrogens with two attached hydrogens (primary N) is 2. The number of rotatable bonds is 17. The lowest BCUT2D eigenvalue weighted by Crippen LogP contribution is -2.50. The average molecular weight is 802 g/mol. The van der Waals surface area contributed by atoms with Gasteiger partial charge in [0, 0.05) is 34.9 Å². The molecule has 3 aliphatic rings. The van der Waals surface area contributed by atoms with Crippen LogP contribution in [0.1, 0.15) is 84.6 Å². The van der Waals surface area contributed by atoms with E-state index in [0.717, 1.165) is 58.5 Å². The fraction of sp³-hybridized carbons (Fsp3) is 0.488. The quantitative estimate of drug-likeness (QED) is 0.0886. The van der Waals surface area contributed by atoms with Crippen molar-refractivity contribution < 1.29 is 27.5 Å². The topological polar surface area (TPSA) is 193 Å². The number of nitrogens with one attached hydrogen (secondary N) is 1. The Kier molecular flexibility index (Phi) is 11.4. The summed E-state index contributed by atoms with van der Waals surface area (Å²) < 4.78 is 34.7. The minimum Gasteiger partial charge on any atom is -0.459 e. The predicted octanol–water partition coefficient (Wildman–Crippen LogP) is 5.71. The van der Waals surface area contributed by atoms with Gasteiger partial charge in [0.05, 0.1) is 28.5 Å². The highest BCUT2D eigenvalue weighted by atomic mass is 32.2. The first-order valence-corrected chi connectivity index (χ1v) is 21.9. The smallest absolute Gasteiger partial charge is 0.297 e. The lowest BCUT2D eigenvalue weighted by atomic mass is 10.1. The highest BCUT2D eigenvalue weighted by Gasteiger charge is 2.52. The Hall–Kier alpha value is -4.60. The molecule has 3 fully saturated rings. The molecule has 2 aromatic carbocycles. The maximum atomic E-state index is 13.6. The van der Waals surface area contributed by atoms with Gasteiger partial charge in [-0.3, -0.25) is 23.7 Å². The monoisotopic (exact) mass is 801 g/mol. The number of hydrogen-bond donors (Lipinski definition) is 3. The van der Waals surface area contributed by atoms with Crippen LogP contribution in [0.25, 0.3) is 32.9 Å². The van der Waals surface area contributed by atoms with E-state index >= 15 is 0 Å². The molecule has 0 spiro atoms. The number of ether oxygens (including phenoxy) is 1. The van der Waals surface area contributed by atoms with Gasteiger partial charge in [-0.15, -0.1) is 11.3 Å². The fourth-order valence-corrected chi connectivity index (χ4v) is 9.61. The third-order valence-corrected chi connectivity index (χ3v) is 14.3. The Morgan fingerprint density at radius 1 is 1.05 bits per heavy atom. The Morgan fingerprint density at radius 3 is 2.54 bits per heavy atom. The van der Waals surface area contributed by atoms with Crippen LogP contribution in [-0.2, 0) is 24.4 Å². The number of likely N-dealkylation sites (tertiary alicyclic amines) is 1. The van der Waals surface area contributed by atoms with Crippen LogP contribution in [0.3, 0.4) is 0 Å². The molecule has 3 heterocycles. The van der Waals surface area contributed by atoms with Gasteiger partial charge in [0.1, 0.15) is 22.7 Å². The van der Waals surface area contributed by atoms with Gasteiger partial charge < -0.3 is 21.1 Å². The summed E-state index contributed by atoms with van der Waals surface area (Å²) in [6, 6.07) is 14.8. The Morgan fingerprint density at radius 2 is 1.82 bits per heavy atom. The van der Waals surface area contributed by atoms with Crippen LogP contribution in [0.15, 0.2) is 66.1 Å². The number of aromatic nitrogens is 3.